The number of sulfonamides is 1. The summed E-state index contributed by atoms with van der Waals surface area (Å²) in [5.74, 6) is -0.0316. The highest BCUT2D eigenvalue weighted by Crippen LogP contribution is 2.34. The minimum Gasteiger partial charge on any atom is -0.508 e. The number of rotatable bonds is 21. The van der Waals surface area contributed by atoms with Crippen LogP contribution in [0.5, 0.6) is 11.5 Å². The van der Waals surface area contributed by atoms with Gasteiger partial charge < -0.3 is 9.29 Å². The average molecular weight is 650 g/mol. The van der Waals surface area contributed by atoms with Crippen molar-refractivity contribution in [1.29, 1.82) is 0 Å². The molecule has 0 heterocycles. The minimum atomic E-state index is -5.64. The smallest absolute Gasteiger partial charge is 0.508 e. The molecule has 12 heteroatoms. The number of hydrogen-bond donors (Lipinski definition) is 2. The molecule has 0 aliphatic heterocycles. The van der Waals surface area contributed by atoms with Gasteiger partial charge in [0.15, 0.2) is 0 Å². The van der Waals surface area contributed by atoms with Gasteiger partial charge in [-0.05, 0) is 54.8 Å². The summed E-state index contributed by atoms with van der Waals surface area (Å²) in [6.45, 7) is 4.19. The number of nitrogens with one attached hydrogen (secondary N) is 1. The van der Waals surface area contributed by atoms with Crippen LogP contribution >= 0.6 is 0 Å². The van der Waals surface area contributed by atoms with Gasteiger partial charge in [-0.1, -0.05) is 104 Å². The zero-order valence-electron chi connectivity index (χ0n) is 25.2. The largest absolute Gasteiger partial charge is 0.516 e. The van der Waals surface area contributed by atoms with Crippen molar-refractivity contribution < 1.29 is 39.3 Å². The van der Waals surface area contributed by atoms with Gasteiger partial charge in [-0.15, -0.1) is 0 Å². The molecule has 0 aliphatic carbocycles. The van der Waals surface area contributed by atoms with Gasteiger partial charge in [0.2, 0.25) is 0 Å². The standard InChI is InChI=1S/C31H46F3NO6S2/c1-3-4-5-6-7-8-9-10-11-12-13-14-15-16-17-25(2)29-24-27(20-23-30(29)36)41-42(37,38)28-21-18-26(19-22-28)35-43(39,40)31(32,33)34/h18-25,35-36H,3-17H2,1-2H3. The fourth-order valence-electron chi connectivity index (χ4n) is 4.86. The third-order valence-corrected chi connectivity index (χ3v) is 9.80. The van der Waals surface area contributed by atoms with E-state index < -0.39 is 31.3 Å². The van der Waals surface area contributed by atoms with Crippen molar-refractivity contribution in [2.75, 3.05) is 4.72 Å². The van der Waals surface area contributed by atoms with Gasteiger partial charge in [-0.2, -0.15) is 30.0 Å². The first-order valence-electron chi connectivity index (χ1n) is 15.2. The zero-order valence-corrected chi connectivity index (χ0v) is 26.8. The summed E-state index contributed by atoms with van der Waals surface area (Å²) < 4.78 is 92.2. The Hall–Kier alpha value is -2.47. The number of aromatic hydroxyl groups is 1. The van der Waals surface area contributed by atoms with Gasteiger partial charge in [-0.25, -0.2) is 0 Å². The molecule has 1 unspecified atom stereocenters. The van der Waals surface area contributed by atoms with E-state index in [1.54, 1.807) is 0 Å². The first-order chi connectivity index (χ1) is 20.3. The number of benzene rings is 2. The van der Waals surface area contributed by atoms with E-state index in [1.807, 2.05) is 6.92 Å². The molecule has 0 spiro atoms. The van der Waals surface area contributed by atoms with E-state index in [-0.39, 0.29) is 22.3 Å². The summed E-state index contributed by atoms with van der Waals surface area (Å²) in [6.07, 6.45) is 18.5. The van der Waals surface area contributed by atoms with Crippen LogP contribution in [0.15, 0.2) is 47.4 Å². The monoisotopic (exact) mass is 649 g/mol. The van der Waals surface area contributed by atoms with E-state index in [1.165, 1.54) is 93.6 Å². The van der Waals surface area contributed by atoms with Crippen molar-refractivity contribution in [3.63, 3.8) is 0 Å². The van der Waals surface area contributed by atoms with Crippen molar-refractivity contribution in [2.24, 2.45) is 0 Å². The van der Waals surface area contributed by atoms with Crippen molar-refractivity contribution in [3.8, 4) is 11.5 Å². The maximum Gasteiger partial charge on any atom is 0.516 e. The third kappa shape index (κ3) is 13.0. The lowest BCUT2D eigenvalue weighted by atomic mass is 9.93. The quantitative estimate of drug-likeness (QED) is 0.103. The Labute approximate surface area is 255 Å². The molecule has 244 valence electrons. The van der Waals surface area contributed by atoms with Gasteiger partial charge in [-0.3, -0.25) is 4.72 Å². The van der Waals surface area contributed by atoms with E-state index >= 15 is 0 Å². The second kappa shape index (κ2) is 17.7. The number of anilines is 1. The van der Waals surface area contributed by atoms with Crippen LogP contribution in [0.2, 0.25) is 0 Å². The topological polar surface area (TPSA) is 110 Å². The maximum atomic E-state index is 12.7. The molecule has 2 N–H and O–H groups in total. The van der Waals surface area contributed by atoms with Crippen LogP contribution in [-0.4, -0.2) is 27.5 Å². The van der Waals surface area contributed by atoms with E-state index in [4.69, 9.17) is 4.18 Å². The number of halogens is 3. The lowest BCUT2D eigenvalue weighted by Crippen LogP contribution is -2.29. The van der Waals surface area contributed by atoms with Crippen LogP contribution in [0.3, 0.4) is 0 Å². The molecule has 0 radical (unpaired) electrons. The molecule has 2 aromatic carbocycles. The van der Waals surface area contributed by atoms with Crippen LogP contribution < -0.4 is 8.91 Å². The summed E-state index contributed by atoms with van der Waals surface area (Å²) in [6, 6.07) is 7.78. The van der Waals surface area contributed by atoms with Gasteiger partial charge in [0, 0.05) is 11.3 Å². The number of phenolic OH excluding ortho intramolecular Hbond substituents is 1. The van der Waals surface area contributed by atoms with Crippen molar-refractivity contribution in [1.82, 2.24) is 0 Å². The molecule has 43 heavy (non-hydrogen) atoms. The lowest BCUT2D eigenvalue weighted by molar-refractivity contribution is -0.0429. The van der Waals surface area contributed by atoms with Crippen molar-refractivity contribution in [2.45, 2.75) is 126 Å². The summed E-state index contributed by atoms with van der Waals surface area (Å²) in [7, 11) is -10.0. The molecule has 0 bridgehead atoms. The maximum absolute atomic E-state index is 12.7. The van der Waals surface area contributed by atoms with Crippen LogP contribution in [0.1, 0.15) is 122 Å². The Bertz CT molecular complexity index is 1310. The normalized spacial score (nSPS) is 13.1. The molecule has 0 fully saturated rings. The number of unbranched alkanes of at least 4 members (excludes halogenated alkanes) is 13. The molecule has 0 aliphatic rings. The molecule has 0 amide bonds. The van der Waals surface area contributed by atoms with Crippen molar-refractivity contribution >= 4 is 25.8 Å². The first kappa shape index (κ1) is 36.7. The molecule has 0 aromatic heterocycles. The van der Waals surface area contributed by atoms with Crippen LogP contribution in [0.25, 0.3) is 0 Å². The van der Waals surface area contributed by atoms with Crippen LogP contribution in [0, 0.1) is 0 Å². The predicted molar refractivity (Wildman–Crippen MR) is 164 cm³/mol. The number of phenols is 1. The molecule has 7 nitrogen and oxygen atoms in total. The second-order valence-electron chi connectivity index (χ2n) is 11.1. The Balaban J connectivity index is 1.78. The lowest BCUT2D eigenvalue weighted by Gasteiger charge is -2.15. The molecule has 0 saturated heterocycles. The van der Waals surface area contributed by atoms with Gasteiger partial charge >= 0.3 is 25.6 Å². The Morgan fingerprint density at radius 1 is 0.767 bits per heavy atom. The summed E-state index contributed by atoms with van der Waals surface area (Å²) in [5, 5.41) is 10.4. The molecule has 1 atom stereocenters. The van der Waals surface area contributed by atoms with Crippen LogP contribution in [-0.2, 0) is 20.1 Å². The Morgan fingerprint density at radius 2 is 1.26 bits per heavy atom. The molecule has 0 saturated carbocycles. The highest BCUT2D eigenvalue weighted by atomic mass is 32.2. The predicted octanol–water partition coefficient (Wildman–Crippen LogP) is 9.40. The number of alkyl halides is 3. The second-order valence-corrected chi connectivity index (χ2v) is 14.3. The highest BCUT2D eigenvalue weighted by Gasteiger charge is 2.46. The van der Waals surface area contributed by atoms with E-state index in [2.05, 4.69) is 6.92 Å². The molecule has 2 rings (SSSR count). The van der Waals surface area contributed by atoms with Gasteiger partial charge in [0.25, 0.3) is 0 Å². The van der Waals surface area contributed by atoms with Crippen molar-refractivity contribution in [3.05, 3.63) is 48.0 Å². The van der Waals surface area contributed by atoms with Crippen LogP contribution in [0.4, 0.5) is 18.9 Å². The summed E-state index contributed by atoms with van der Waals surface area (Å²) in [4.78, 5) is -0.382. The SMILES string of the molecule is CCCCCCCCCCCCCCCCC(C)c1cc(OS(=O)(=O)c2ccc(NS(=O)(=O)C(F)(F)F)cc2)ccc1O. The van der Waals surface area contributed by atoms with E-state index in [9.17, 15) is 35.1 Å². The molecular formula is C31H46F3NO6S2. The Morgan fingerprint density at radius 3 is 1.74 bits per heavy atom. The highest BCUT2D eigenvalue weighted by molar-refractivity contribution is 7.93. The third-order valence-electron chi connectivity index (χ3n) is 7.43. The minimum absolute atomic E-state index is 0.0255. The van der Waals surface area contributed by atoms with E-state index in [0.717, 1.165) is 49.9 Å². The number of hydrogen-bond acceptors (Lipinski definition) is 6. The van der Waals surface area contributed by atoms with E-state index in [0.29, 0.717) is 5.56 Å². The Kier molecular flexibility index (Phi) is 15.1. The zero-order chi connectivity index (χ0) is 31.9. The average Bonchev–Trinajstić information content (AvgIpc) is 2.93. The molecule has 2 aromatic rings. The summed E-state index contributed by atoms with van der Waals surface area (Å²) in [5.41, 5.74) is -5.42. The van der Waals surface area contributed by atoms with Gasteiger partial charge in [0.1, 0.15) is 16.4 Å². The first-order valence-corrected chi connectivity index (χ1v) is 18.1. The summed E-state index contributed by atoms with van der Waals surface area (Å²) >= 11 is 0. The van der Waals surface area contributed by atoms with Gasteiger partial charge in [0.05, 0.1) is 0 Å². The fraction of sp³-hybridized carbons (Fsp3) is 0.613. The molecular weight excluding hydrogens is 603 g/mol. The fourth-order valence-corrected chi connectivity index (χ4v) is 6.34.